The first-order valence-electron chi connectivity index (χ1n) is 5.97. The highest BCUT2D eigenvalue weighted by atomic mass is 16.5. The van der Waals surface area contributed by atoms with Crippen molar-refractivity contribution >= 4 is 11.6 Å². The minimum absolute atomic E-state index is 0.518. The normalized spacial score (nSPS) is 10.3. The second kappa shape index (κ2) is 5.98. The summed E-state index contributed by atoms with van der Waals surface area (Å²) in [6, 6.07) is 0. The monoisotopic (exact) mass is 263 g/mol. The number of aromatic nitrogens is 5. The minimum Gasteiger partial charge on any atom is -0.490 e. The molecule has 8 nitrogen and oxygen atoms in total. The highest BCUT2D eigenvalue weighted by Gasteiger charge is 2.11. The summed E-state index contributed by atoms with van der Waals surface area (Å²) < 4.78 is 7.26. The smallest absolute Gasteiger partial charge is 0.204 e. The summed E-state index contributed by atoms with van der Waals surface area (Å²) in [4.78, 5) is 8.26. The molecule has 2 aromatic heterocycles. The lowest BCUT2D eigenvalue weighted by Crippen LogP contribution is -2.10. The molecule has 0 bridgehead atoms. The van der Waals surface area contributed by atoms with Crippen LogP contribution in [0.4, 0.5) is 11.6 Å². The van der Waals surface area contributed by atoms with Gasteiger partial charge in [-0.05, 0) is 6.92 Å². The fourth-order valence-electron chi connectivity index (χ4n) is 1.71. The molecule has 0 amide bonds. The number of hydrogen-bond acceptors (Lipinski definition) is 7. The number of rotatable bonds is 6. The molecule has 0 saturated carbocycles. The highest BCUT2D eigenvalue weighted by Crippen LogP contribution is 2.28. The van der Waals surface area contributed by atoms with Crippen molar-refractivity contribution < 1.29 is 4.74 Å². The molecule has 19 heavy (non-hydrogen) atoms. The first-order chi connectivity index (χ1) is 9.30. The van der Waals surface area contributed by atoms with E-state index in [1.165, 1.54) is 6.33 Å². The van der Waals surface area contributed by atoms with E-state index in [2.05, 4.69) is 30.8 Å². The van der Waals surface area contributed by atoms with Crippen LogP contribution in [0, 0.1) is 0 Å². The van der Waals surface area contributed by atoms with Crippen LogP contribution in [0.25, 0.3) is 0 Å². The van der Waals surface area contributed by atoms with E-state index in [1.54, 1.807) is 20.5 Å². The zero-order valence-electron chi connectivity index (χ0n) is 11.2. The van der Waals surface area contributed by atoms with E-state index in [9.17, 15) is 0 Å². The number of anilines is 2. The van der Waals surface area contributed by atoms with Gasteiger partial charge in [-0.2, -0.15) is 0 Å². The molecule has 102 valence electrons. The summed E-state index contributed by atoms with van der Waals surface area (Å²) >= 11 is 0. The fourth-order valence-corrected chi connectivity index (χ4v) is 1.71. The summed E-state index contributed by atoms with van der Waals surface area (Å²) in [5.41, 5.74) is 0. The van der Waals surface area contributed by atoms with Gasteiger partial charge in [-0.25, -0.2) is 9.97 Å². The quantitative estimate of drug-likeness (QED) is 0.794. The van der Waals surface area contributed by atoms with Crippen LogP contribution in [0.15, 0.2) is 12.7 Å². The number of nitrogens with zero attached hydrogens (tertiary/aromatic N) is 5. The molecule has 0 saturated heterocycles. The molecule has 0 spiro atoms. The second-order valence-corrected chi connectivity index (χ2v) is 3.74. The van der Waals surface area contributed by atoms with Crippen molar-refractivity contribution in [2.45, 2.75) is 20.0 Å². The maximum Gasteiger partial charge on any atom is 0.204 e. The van der Waals surface area contributed by atoms with Crippen molar-refractivity contribution in [3.63, 3.8) is 0 Å². The van der Waals surface area contributed by atoms with Gasteiger partial charge in [0.05, 0.1) is 13.7 Å². The first-order valence-corrected chi connectivity index (χ1v) is 5.97. The van der Waals surface area contributed by atoms with E-state index >= 15 is 0 Å². The van der Waals surface area contributed by atoms with Gasteiger partial charge in [0.2, 0.25) is 5.75 Å². The van der Waals surface area contributed by atoms with E-state index in [0.717, 1.165) is 12.4 Å². The summed E-state index contributed by atoms with van der Waals surface area (Å²) in [7, 11) is 3.36. The maximum atomic E-state index is 5.30. The predicted molar refractivity (Wildman–Crippen MR) is 71.2 cm³/mol. The Morgan fingerprint density at radius 1 is 1.32 bits per heavy atom. The molecule has 0 atom stereocenters. The highest BCUT2D eigenvalue weighted by molar-refractivity contribution is 5.63. The maximum absolute atomic E-state index is 5.30. The van der Waals surface area contributed by atoms with Gasteiger partial charge in [0, 0.05) is 13.6 Å². The number of methoxy groups -OCH3 is 1. The summed E-state index contributed by atoms with van der Waals surface area (Å²) in [5, 5.41) is 14.1. The molecule has 0 radical (unpaired) electrons. The molecular weight excluding hydrogens is 246 g/mol. The lowest BCUT2D eigenvalue weighted by molar-refractivity contribution is 0.414. The zero-order chi connectivity index (χ0) is 13.7. The topological polar surface area (TPSA) is 89.8 Å². The molecular formula is C11H17N7O. The minimum atomic E-state index is 0.518. The molecule has 0 aliphatic carbocycles. The van der Waals surface area contributed by atoms with Gasteiger partial charge in [-0.1, -0.05) is 0 Å². The van der Waals surface area contributed by atoms with Crippen molar-refractivity contribution in [3.8, 4) is 5.75 Å². The van der Waals surface area contributed by atoms with Gasteiger partial charge in [-0.15, -0.1) is 10.2 Å². The van der Waals surface area contributed by atoms with Crippen LogP contribution in [0.3, 0.4) is 0 Å². The Morgan fingerprint density at radius 3 is 2.79 bits per heavy atom. The third kappa shape index (κ3) is 2.72. The summed E-state index contributed by atoms with van der Waals surface area (Å²) in [6.45, 7) is 3.38. The van der Waals surface area contributed by atoms with E-state index in [0.29, 0.717) is 23.9 Å². The number of ether oxygens (including phenoxy) is 1. The Kier molecular flexibility index (Phi) is 4.11. The fraction of sp³-hybridized carbons (Fsp3) is 0.455. The SMILES string of the molecule is CCn1cnnc1CNc1ncnc(NC)c1OC. The largest absolute Gasteiger partial charge is 0.490 e. The average Bonchev–Trinajstić information content (AvgIpc) is 2.91. The van der Waals surface area contributed by atoms with Crippen molar-refractivity contribution in [2.75, 3.05) is 24.8 Å². The Balaban J connectivity index is 2.15. The van der Waals surface area contributed by atoms with Crippen molar-refractivity contribution in [1.82, 2.24) is 24.7 Å². The molecule has 0 fully saturated rings. The van der Waals surface area contributed by atoms with Crippen molar-refractivity contribution in [1.29, 1.82) is 0 Å². The van der Waals surface area contributed by atoms with Crippen LogP contribution < -0.4 is 15.4 Å². The van der Waals surface area contributed by atoms with Gasteiger partial charge in [0.15, 0.2) is 17.5 Å². The molecule has 8 heteroatoms. The zero-order valence-corrected chi connectivity index (χ0v) is 11.2. The van der Waals surface area contributed by atoms with Crippen LogP contribution >= 0.6 is 0 Å². The third-order valence-corrected chi connectivity index (χ3v) is 2.70. The standard InChI is InChI=1S/C11H17N7O/c1-4-18-7-16-17-8(18)5-13-11-9(19-3)10(12-2)14-6-15-11/h6-7H,4-5H2,1-3H3,(H2,12,13,14,15). The summed E-state index contributed by atoms with van der Waals surface area (Å²) in [6.07, 6.45) is 3.18. The molecule has 2 rings (SSSR count). The van der Waals surface area contributed by atoms with E-state index in [4.69, 9.17) is 4.74 Å². The van der Waals surface area contributed by atoms with Gasteiger partial charge >= 0.3 is 0 Å². The molecule has 0 aliphatic rings. The van der Waals surface area contributed by atoms with E-state index in [1.807, 2.05) is 11.5 Å². The Bertz CT molecular complexity index is 540. The van der Waals surface area contributed by atoms with Gasteiger partial charge in [0.25, 0.3) is 0 Å². The van der Waals surface area contributed by atoms with E-state index < -0.39 is 0 Å². The Morgan fingerprint density at radius 2 is 2.11 bits per heavy atom. The molecule has 2 aromatic rings. The first kappa shape index (κ1) is 13.1. The molecule has 2 heterocycles. The van der Waals surface area contributed by atoms with Crippen LogP contribution in [-0.4, -0.2) is 38.9 Å². The van der Waals surface area contributed by atoms with Crippen LogP contribution in [0.1, 0.15) is 12.7 Å². The van der Waals surface area contributed by atoms with E-state index in [-0.39, 0.29) is 0 Å². The van der Waals surface area contributed by atoms with Gasteiger partial charge in [0.1, 0.15) is 12.7 Å². The Labute approximate surface area is 111 Å². The number of aryl methyl sites for hydroxylation is 1. The average molecular weight is 263 g/mol. The molecule has 0 unspecified atom stereocenters. The predicted octanol–water partition coefficient (Wildman–Crippen LogP) is 0.750. The molecule has 0 aliphatic heterocycles. The Hall–Kier alpha value is -2.38. The van der Waals surface area contributed by atoms with Crippen LogP contribution in [0.2, 0.25) is 0 Å². The number of nitrogens with one attached hydrogen (secondary N) is 2. The number of hydrogen-bond donors (Lipinski definition) is 2. The van der Waals surface area contributed by atoms with Crippen LogP contribution in [-0.2, 0) is 13.1 Å². The van der Waals surface area contributed by atoms with Crippen molar-refractivity contribution in [3.05, 3.63) is 18.5 Å². The van der Waals surface area contributed by atoms with Crippen molar-refractivity contribution in [2.24, 2.45) is 0 Å². The van der Waals surface area contributed by atoms with Gasteiger partial charge in [-0.3, -0.25) is 0 Å². The van der Waals surface area contributed by atoms with Crippen LogP contribution in [0.5, 0.6) is 5.75 Å². The van der Waals surface area contributed by atoms with Gasteiger partial charge < -0.3 is 19.9 Å². The lowest BCUT2D eigenvalue weighted by Gasteiger charge is -2.12. The molecule has 2 N–H and O–H groups in total. The second-order valence-electron chi connectivity index (χ2n) is 3.74. The summed E-state index contributed by atoms with van der Waals surface area (Å²) in [5.74, 6) is 2.67. The lowest BCUT2D eigenvalue weighted by atomic mass is 10.4. The third-order valence-electron chi connectivity index (χ3n) is 2.70. The molecule has 0 aromatic carbocycles.